The van der Waals surface area contributed by atoms with Crippen molar-refractivity contribution in [3.05, 3.63) is 99.7 Å². The van der Waals surface area contributed by atoms with Gasteiger partial charge >= 0.3 is 0 Å². The van der Waals surface area contributed by atoms with Crippen LogP contribution < -0.4 is 10.3 Å². The van der Waals surface area contributed by atoms with Gasteiger partial charge in [0.2, 0.25) is 0 Å². The SMILES string of the molecule is CC1(C)Oc2ccc(C(=O)c3ccccc3F)cc2C(n2ccccc2=O)C1O. The molecule has 0 amide bonds. The summed E-state index contributed by atoms with van der Waals surface area (Å²) in [5.74, 6) is -0.626. The van der Waals surface area contributed by atoms with Gasteiger partial charge in [-0.3, -0.25) is 9.59 Å². The highest BCUT2D eigenvalue weighted by Gasteiger charge is 2.44. The second kappa shape index (κ2) is 6.97. The molecule has 2 heterocycles. The molecule has 2 atom stereocenters. The fourth-order valence-corrected chi connectivity index (χ4v) is 3.68. The lowest BCUT2D eigenvalue weighted by Gasteiger charge is -2.42. The molecular weight excluding hydrogens is 373 g/mol. The molecule has 1 aliphatic heterocycles. The van der Waals surface area contributed by atoms with Crippen molar-refractivity contribution in [1.82, 2.24) is 4.57 Å². The number of ketones is 1. The number of hydrogen-bond donors (Lipinski definition) is 1. The summed E-state index contributed by atoms with van der Waals surface area (Å²) in [5, 5.41) is 11.0. The molecule has 0 saturated heterocycles. The number of aliphatic hydroxyl groups excluding tert-OH is 1. The topological polar surface area (TPSA) is 68.5 Å². The Morgan fingerprint density at radius 2 is 1.83 bits per heavy atom. The molecule has 1 aromatic heterocycles. The van der Waals surface area contributed by atoms with Crippen LogP contribution in [0.3, 0.4) is 0 Å². The van der Waals surface area contributed by atoms with E-state index < -0.39 is 29.3 Å². The first-order valence-electron chi connectivity index (χ1n) is 9.27. The van der Waals surface area contributed by atoms with E-state index in [1.165, 1.54) is 28.8 Å². The van der Waals surface area contributed by atoms with Crippen molar-refractivity contribution in [2.75, 3.05) is 0 Å². The molecule has 0 aliphatic carbocycles. The van der Waals surface area contributed by atoms with Gasteiger partial charge < -0.3 is 14.4 Å². The number of benzene rings is 2. The number of ether oxygens (including phenoxy) is 1. The van der Waals surface area contributed by atoms with Gasteiger partial charge in [-0.25, -0.2) is 4.39 Å². The molecule has 2 aromatic carbocycles. The number of aromatic nitrogens is 1. The molecule has 0 saturated carbocycles. The van der Waals surface area contributed by atoms with E-state index in [-0.39, 0.29) is 16.7 Å². The summed E-state index contributed by atoms with van der Waals surface area (Å²) in [6.45, 7) is 3.47. The van der Waals surface area contributed by atoms with E-state index in [0.717, 1.165) is 0 Å². The number of fused-ring (bicyclic) bond motifs is 1. The lowest BCUT2D eigenvalue weighted by atomic mass is 9.85. The number of halogens is 1. The Bertz CT molecular complexity index is 1150. The van der Waals surface area contributed by atoms with Crippen molar-refractivity contribution in [3.63, 3.8) is 0 Å². The number of carbonyl (C=O) groups excluding carboxylic acids is 1. The van der Waals surface area contributed by atoms with Crippen molar-refractivity contribution >= 4 is 5.78 Å². The third kappa shape index (κ3) is 3.25. The lowest BCUT2D eigenvalue weighted by Crippen LogP contribution is -2.52. The Balaban J connectivity index is 1.88. The van der Waals surface area contributed by atoms with Crippen LogP contribution in [0.15, 0.2) is 71.7 Å². The second-order valence-corrected chi connectivity index (χ2v) is 7.60. The fourth-order valence-electron chi connectivity index (χ4n) is 3.68. The number of carbonyl (C=O) groups is 1. The van der Waals surface area contributed by atoms with Crippen LogP contribution in [0.1, 0.15) is 41.4 Å². The van der Waals surface area contributed by atoms with E-state index in [1.807, 2.05) is 0 Å². The quantitative estimate of drug-likeness (QED) is 0.693. The van der Waals surface area contributed by atoms with E-state index in [1.54, 1.807) is 56.4 Å². The lowest BCUT2D eigenvalue weighted by molar-refractivity contribution is -0.0642. The molecule has 4 rings (SSSR count). The predicted molar refractivity (Wildman–Crippen MR) is 106 cm³/mol. The third-order valence-electron chi connectivity index (χ3n) is 5.24. The highest BCUT2D eigenvalue weighted by atomic mass is 19.1. The number of rotatable bonds is 3. The van der Waals surface area contributed by atoms with Crippen LogP contribution in [0, 0.1) is 5.82 Å². The standard InChI is InChI=1S/C23H20FNO4/c1-23(2)22(28)20(25-12-6-5-9-19(25)26)16-13-14(10-11-18(16)29-23)21(27)15-7-3-4-8-17(15)24/h3-13,20,22,28H,1-2H3. The monoisotopic (exact) mass is 393 g/mol. The van der Waals surface area contributed by atoms with Gasteiger partial charge in [0.15, 0.2) is 5.78 Å². The molecule has 5 nitrogen and oxygen atoms in total. The molecule has 0 radical (unpaired) electrons. The second-order valence-electron chi connectivity index (χ2n) is 7.60. The summed E-state index contributed by atoms with van der Waals surface area (Å²) in [5.41, 5.74) is -0.542. The molecule has 29 heavy (non-hydrogen) atoms. The van der Waals surface area contributed by atoms with Crippen LogP contribution in [-0.4, -0.2) is 27.2 Å². The Morgan fingerprint density at radius 1 is 1.10 bits per heavy atom. The minimum Gasteiger partial charge on any atom is -0.485 e. The summed E-state index contributed by atoms with van der Waals surface area (Å²) in [7, 11) is 0. The van der Waals surface area contributed by atoms with Crippen LogP contribution in [0.4, 0.5) is 4.39 Å². The van der Waals surface area contributed by atoms with E-state index in [4.69, 9.17) is 4.74 Å². The minimum atomic E-state index is -1.05. The maximum atomic E-state index is 14.1. The Hall–Kier alpha value is -3.25. The van der Waals surface area contributed by atoms with E-state index in [2.05, 4.69) is 0 Å². The van der Waals surface area contributed by atoms with Crippen LogP contribution >= 0.6 is 0 Å². The van der Waals surface area contributed by atoms with Crippen LogP contribution in [0.2, 0.25) is 0 Å². The zero-order valence-electron chi connectivity index (χ0n) is 16.0. The zero-order chi connectivity index (χ0) is 20.8. The summed E-state index contributed by atoms with van der Waals surface area (Å²) >= 11 is 0. The highest BCUT2D eigenvalue weighted by Crippen LogP contribution is 2.42. The van der Waals surface area contributed by atoms with Gasteiger partial charge in [-0.2, -0.15) is 0 Å². The normalized spacial score (nSPS) is 19.9. The van der Waals surface area contributed by atoms with Crippen LogP contribution in [0.25, 0.3) is 0 Å². The van der Waals surface area contributed by atoms with Crippen molar-refractivity contribution in [1.29, 1.82) is 0 Å². The van der Waals surface area contributed by atoms with Crippen LogP contribution in [-0.2, 0) is 0 Å². The molecule has 148 valence electrons. The van der Waals surface area contributed by atoms with Gasteiger partial charge in [0, 0.05) is 23.4 Å². The number of nitrogens with zero attached hydrogens (tertiary/aromatic N) is 1. The minimum absolute atomic E-state index is 0.0431. The maximum absolute atomic E-state index is 14.1. The largest absolute Gasteiger partial charge is 0.485 e. The molecule has 2 unspecified atom stereocenters. The van der Waals surface area contributed by atoms with E-state index in [9.17, 15) is 19.1 Å². The first-order valence-corrected chi connectivity index (χ1v) is 9.27. The van der Waals surface area contributed by atoms with Gasteiger partial charge in [-0.15, -0.1) is 0 Å². The van der Waals surface area contributed by atoms with Crippen molar-refractivity contribution < 1.29 is 19.0 Å². The summed E-state index contributed by atoms with van der Waals surface area (Å²) in [4.78, 5) is 25.3. The van der Waals surface area contributed by atoms with Gasteiger partial charge in [-0.1, -0.05) is 18.2 Å². The Morgan fingerprint density at radius 3 is 2.55 bits per heavy atom. The maximum Gasteiger partial charge on any atom is 0.251 e. The first kappa shape index (κ1) is 19.1. The van der Waals surface area contributed by atoms with Crippen molar-refractivity contribution in [3.8, 4) is 5.75 Å². The number of hydrogen-bond acceptors (Lipinski definition) is 4. The van der Waals surface area contributed by atoms with E-state index in [0.29, 0.717) is 11.3 Å². The van der Waals surface area contributed by atoms with Crippen LogP contribution in [0.5, 0.6) is 5.75 Å². The molecular formula is C23H20FNO4. The molecule has 1 N–H and O–H groups in total. The van der Waals surface area contributed by atoms with Crippen molar-refractivity contribution in [2.45, 2.75) is 31.6 Å². The first-order chi connectivity index (χ1) is 13.8. The summed E-state index contributed by atoms with van der Waals surface area (Å²) in [6.07, 6.45) is 0.543. The van der Waals surface area contributed by atoms with Gasteiger partial charge in [-0.05, 0) is 50.2 Å². The molecule has 3 aromatic rings. The van der Waals surface area contributed by atoms with Gasteiger partial charge in [0.1, 0.15) is 23.3 Å². The number of pyridine rings is 1. The average molecular weight is 393 g/mol. The molecule has 6 heteroatoms. The Labute approximate surface area is 167 Å². The average Bonchev–Trinajstić information content (AvgIpc) is 2.69. The molecule has 0 spiro atoms. The summed E-state index contributed by atoms with van der Waals surface area (Å²) < 4.78 is 21.5. The highest BCUT2D eigenvalue weighted by molar-refractivity contribution is 6.09. The molecule has 0 fully saturated rings. The number of aliphatic hydroxyl groups is 1. The smallest absolute Gasteiger partial charge is 0.251 e. The predicted octanol–water partition coefficient (Wildman–Crippen LogP) is 3.34. The van der Waals surface area contributed by atoms with E-state index >= 15 is 0 Å². The molecule has 1 aliphatic rings. The van der Waals surface area contributed by atoms with Gasteiger partial charge in [0.05, 0.1) is 11.6 Å². The fraction of sp³-hybridized carbons (Fsp3) is 0.217. The molecule has 0 bridgehead atoms. The zero-order valence-corrected chi connectivity index (χ0v) is 16.0. The van der Waals surface area contributed by atoms with Crippen molar-refractivity contribution in [2.24, 2.45) is 0 Å². The third-order valence-corrected chi connectivity index (χ3v) is 5.24. The Kier molecular flexibility index (Phi) is 4.59. The summed E-state index contributed by atoms with van der Waals surface area (Å²) in [6, 6.07) is 14.5. The van der Waals surface area contributed by atoms with Gasteiger partial charge in [0.25, 0.3) is 5.56 Å².